The second-order valence-corrected chi connectivity index (χ2v) is 6.99. The molecule has 3 nitrogen and oxygen atoms in total. The predicted molar refractivity (Wildman–Crippen MR) is 67.8 cm³/mol. The Hall–Kier alpha value is -0.570. The summed E-state index contributed by atoms with van der Waals surface area (Å²) in [5.74, 6) is 1.29. The van der Waals surface area contributed by atoms with Gasteiger partial charge in [0.1, 0.15) is 6.10 Å². The van der Waals surface area contributed by atoms with E-state index >= 15 is 0 Å². The Labute approximate surface area is 109 Å². The molecule has 0 bridgehead atoms. The van der Waals surface area contributed by atoms with Crippen molar-refractivity contribution in [3.05, 3.63) is 0 Å². The fourth-order valence-electron chi connectivity index (χ4n) is 4.85. The number of carbonyl (C=O) groups excluding carboxylic acids is 1. The number of rotatable bonds is 0. The van der Waals surface area contributed by atoms with Crippen molar-refractivity contribution in [2.24, 2.45) is 29.1 Å². The first-order valence-electron chi connectivity index (χ1n) is 7.33. The number of aliphatic hydroxyl groups is 1. The number of hydrogen-bond acceptors (Lipinski definition) is 3. The molecule has 3 heteroatoms. The molecule has 2 aliphatic carbocycles. The SMILES string of the molecule is C[C@@H]1C(=O)O[C@H]2C1CC[C@]1(C)[C@@H]2[C@@H](C)CC[C@H]1O. The Morgan fingerprint density at radius 1 is 1.28 bits per heavy atom. The fraction of sp³-hybridized carbons (Fsp3) is 0.933. The molecule has 102 valence electrons. The second kappa shape index (κ2) is 3.96. The summed E-state index contributed by atoms with van der Waals surface area (Å²) in [6.07, 6.45) is 3.83. The number of ether oxygens (including phenoxy) is 1. The van der Waals surface area contributed by atoms with E-state index in [-0.39, 0.29) is 29.5 Å². The van der Waals surface area contributed by atoms with Crippen molar-refractivity contribution in [1.82, 2.24) is 0 Å². The van der Waals surface area contributed by atoms with Gasteiger partial charge in [-0.05, 0) is 31.6 Å². The summed E-state index contributed by atoms with van der Waals surface area (Å²) in [5, 5.41) is 10.4. The molecule has 1 unspecified atom stereocenters. The van der Waals surface area contributed by atoms with Crippen LogP contribution in [0.4, 0.5) is 0 Å². The van der Waals surface area contributed by atoms with Crippen LogP contribution in [0.3, 0.4) is 0 Å². The van der Waals surface area contributed by atoms with E-state index in [0.717, 1.165) is 25.7 Å². The molecule has 3 fully saturated rings. The Morgan fingerprint density at radius 3 is 2.72 bits per heavy atom. The lowest BCUT2D eigenvalue weighted by Gasteiger charge is -2.54. The minimum Gasteiger partial charge on any atom is -0.462 e. The highest BCUT2D eigenvalue weighted by Gasteiger charge is 2.59. The van der Waals surface area contributed by atoms with Crippen LogP contribution in [0.5, 0.6) is 0 Å². The summed E-state index contributed by atoms with van der Waals surface area (Å²) in [6, 6.07) is 0. The minimum atomic E-state index is -0.228. The highest BCUT2D eigenvalue weighted by atomic mass is 16.6. The first kappa shape index (κ1) is 12.5. The molecule has 0 aromatic rings. The van der Waals surface area contributed by atoms with Gasteiger partial charge in [0, 0.05) is 17.3 Å². The summed E-state index contributed by atoms with van der Waals surface area (Å²) in [6.45, 7) is 6.46. The second-order valence-electron chi connectivity index (χ2n) is 6.99. The largest absolute Gasteiger partial charge is 0.462 e. The molecule has 7 atom stereocenters. The van der Waals surface area contributed by atoms with Crippen LogP contribution in [-0.2, 0) is 9.53 Å². The van der Waals surface area contributed by atoms with Gasteiger partial charge < -0.3 is 9.84 Å². The smallest absolute Gasteiger partial charge is 0.309 e. The number of carbonyl (C=O) groups is 1. The van der Waals surface area contributed by atoms with Crippen LogP contribution < -0.4 is 0 Å². The van der Waals surface area contributed by atoms with Gasteiger partial charge in [0.2, 0.25) is 0 Å². The highest BCUT2D eigenvalue weighted by Crippen LogP contribution is 2.57. The van der Waals surface area contributed by atoms with Gasteiger partial charge in [-0.2, -0.15) is 0 Å². The van der Waals surface area contributed by atoms with E-state index in [0.29, 0.717) is 17.8 Å². The maximum Gasteiger partial charge on any atom is 0.309 e. The van der Waals surface area contributed by atoms with Gasteiger partial charge in [-0.25, -0.2) is 0 Å². The van der Waals surface area contributed by atoms with Gasteiger partial charge in [0.15, 0.2) is 0 Å². The lowest BCUT2D eigenvalue weighted by Crippen LogP contribution is -2.55. The monoisotopic (exact) mass is 252 g/mol. The number of fused-ring (bicyclic) bond motifs is 3. The molecule has 0 aromatic carbocycles. The van der Waals surface area contributed by atoms with Gasteiger partial charge in [-0.3, -0.25) is 4.79 Å². The van der Waals surface area contributed by atoms with Crippen molar-refractivity contribution in [2.45, 2.75) is 58.7 Å². The Bertz CT molecular complexity index is 367. The summed E-state index contributed by atoms with van der Waals surface area (Å²) in [4.78, 5) is 11.8. The van der Waals surface area contributed by atoms with E-state index in [1.54, 1.807) is 0 Å². The van der Waals surface area contributed by atoms with Crippen molar-refractivity contribution < 1.29 is 14.6 Å². The van der Waals surface area contributed by atoms with E-state index in [1.165, 1.54) is 0 Å². The predicted octanol–water partition coefficient (Wildman–Crippen LogP) is 2.37. The van der Waals surface area contributed by atoms with Crippen LogP contribution in [0.2, 0.25) is 0 Å². The highest BCUT2D eigenvalue weighted by molar-refractivity contribution is 5.75. The number of aliphatic hydroxyl groups excluding tert-OH is 1. The maximum absolute atomic E-state index is 11.8. The van der Waals surface area contributed by atoms with Crippen molar-refractivity contribution in [2.75, 3.05) is 0 Å². The van der Waals surface area contributed by atoms with Gasteiger partial charge in [-0.15, -0.1) is 0 Å². The topological polar surface area (TPSA) is 46.5 Å². The van der Waals surface area contributed by atoms with Gasteiger partial charge in [0.05, 0.1) is 12.0 Å². The summed E-state index contributed by atoms with van der Waals surface area (Å²) < 4.78 is 5.68. The van der Waals surface area contributed by atoms with E-state index in [1.807, 2.05) is 6.92 Å². The molecule has 0 amide bonds. The lowest BCUT2D eigenvalue weighted by molar-refractivity contribution is -0.166. The maximum atomic E-state index is 11.8. The molecule has 1 heterocycles. The minimum absolute atomic E-state index is 0.0264. The third-order valence-electron chi connectivity index (χ3n) is 6.09. The molecular weight excluding hydrogens is 228 g/mol. The van der Waals surface area contributed by atoms with E-state index in [9.17, 15) is 9.90 Å². The molecule has 0 aromatic heterocycles. The van der Waals surface area contributed by atoms with Crippen molar-refractivity contribution >= 4 is 5.97 Å². The van der Waals surface area contributed by atoms with Crippen molar-refractivity contribution in [3.63, 3.8) is 0 Å². The summed E-state index contributed by atoms with van der Waals surface area (Å²) in [7, 11) is 0. The first-order valence-corrected chi connectivity index (χ1v) is 7.33. The van der Waals surface area contributed by atoms with Gasteiger partial charge >= 0.3 is 5.97 Å². The molecule has 0 spiro atoms. The van der Waals surface area contributed by atoms with E-state index in [4.69, 9.17) is 4.74 Å². The Kier molecular flexibility index (Phi) is 2.74. The normalized spacial score (nSPS) is 55.7. The van der Waals surface area contributed by atoms with E-state index in [2.05, 4.69) is 13.8 Å². The molecule has 2 saturated carbocycles. The quantitative estimate of drug-likeness (QED) is 0.673. The van der Waals surface area contributed by atoms with Crippen LogP contribution in [0.25, 0.3) is 0 Å². The molecule has 3 aliphatic rings. The molecule has 1 saturated heterocycles. The van der Waals surface area contributed by atoms with Crippen LogP contribution in [-0.4, -0.2) is 23.3 Å². The first-order chi connectivity index (χ1) is 8.45. The number of esters is 1. The van der Waals surface area contributed by atoms with Crippen molar-refractivity contribution in [3.8, 4) is 0 Å². The zero-order chi connectivity index (χ0) is 13.1. The average Bonchev–Trinajstić information content (AvgIpc) is 2.60. The van der Waals surface area contributed by atoms with Crippen LogP contribution in [0, 0.1) is 29.1 Å². The molecule has 3 rings (SSSR count). The standard InChI is InChI=1S/C15H24O3/c1-8-4-5-11(16)15(3)7-6-10-9(2)14(17)18-13(10)12(8)15/h8-13,16H,4-7H2,1-3H3/t8-,9-,10?,11+,12+,13-,15-/m0/s1. The Morgan fingerprint density at radius 2 is 2.00 bits per heavy atom. The van der Waals surface area contributed by atoms with Gasteiger partial charge in [-0.1, -0.05) is 20.8 Å². The third kappa shape index (κ3) is 1.49. The van der Waals surface area contributed by atoms with E-state index < -0.39 is 0 Å². The zero-order valence-corrected chi connectivity index (χ0v) is 11.6. The summed E-state index contributed by atoms with van der Waals surface area (Å²) in [5.41, 5.74) is -0.0524. The molecule has 1 aliphatic heterocycles. The fourth-order valence-corrected chi connectivity index (χ4v) is 4.85. The van der Waals surface area contributed by atoms with Crippen LogP contribution in [0.15, 0.2) is 0 Å². The van der Waals surface area contributed by atoms with Crippen LogP contribution >= 0.6 is 0 Å². The Balaban J connectivity index is 1.95. The van der Waals surface area contributed by atoms with Gasteiger partial charge in [0.25, 0.3) is 0 Å². The van der Waals surface area contributed by atoms with Crippen molar-refractivity contribution in [1.29, 1.82) is 0 Å². The zero-order valence-electron chi connectivity index (χ0n) is 11.6. The molecule has 18 heavy (non-hydrogen) atoms. The summed E-state index contributed by atoms with van der Waals surface area (Å²) >= 11 is 0. The number of hydrogen-bond donors (Lipinski definition) is 1. The average molecular weight is 252 g/mol. The lowest BCUT2D eigenvalue weighted by atomic mass is 9.52. The molecule has 1 N–H and O–H groups in total. The molecular formula is C15H24O3. The third-order valence-corrected chi connectivity index (χ3v) is 6.09. The van der Waals surface area contributed by atoms with Crippen LogP contribution in [0.1, 0.15) is 46.5 Å². The molecule has 0 radical (unpaired) electrons.